The third-order valence-electron chi connectivity index (χ3n) is 4.02. The molecule has 1 aromatic carbocycles. The Bertz CT molecular complexity index is 869. The maximum absolute atomic E-state index is 12.7. The predicted molar refractivity (Wildman–Crippen MR) is 94.3 cm³/mol. The number of ketones is 1. The number of aryl methyl sites for hydroxylation is 2. The summed E-state index contributed by atoms with van der Waals surface area (Å²) in [5.41, 5.74) is 3.03. The van der Waals surface area contributed by atoms with Crippen LogP contribution in [0.5, 0.6) is 0 Å². The summed E-state index contributed by atoms with van der Waals surface area (Å²) in [6.45, 7) is 5.95. The van der Waals surface area contributed by atoms with E-state index in [9.17, 15) is 4.79 Å². The van der Waals surface area contributed by atoms with Crippen molar-refractivity contribution >= 4 is 17.5 Å². The summed E-state index contributed by atoms with van der Waals surface area (Å²) in [5, 5.41) is 8.77. The fourth-order valence-corrected chi connectivity index (χ4v) is 3.27. The van der Waals surface area contributed by atoms with Gasteiger partial charge < -0.3 is 8.98 Å². The van der Waals surface area contributed by atoms with Gasteiger partial charge in [-0.15, -0.1) is 10.2 Å². The monoisotopic (exact) mass is 341 g/mol. The third kappa shape index (κ3) is 3.14. The molecule has 0 fully saturated rings. The number of carbonyl (C=O) groups is 1. The van der Waals surface area contributed by atoms with Gasteiger partial charge in [0, 0.05) is 12.6 Å². The van der Waals surface area contributed by atoms with Crippen LogP contribution in [0.4, 0.5) is 0 Å². The van der Waals surface area contributed by atoms with E-state index in [0.29, 0.717) is 16.7 Å². The number of nitrogens with zero attached hydrogens (tertiary/aromatic N) is 3. The summed E-state index contributed by atoms with van der Waals surface area (Å²) in [5.74, 6) is 1.39. The lowest BCUT2D eigenvalue weighted by Gasteiger charge is -2.11. The molecular weight excluding hydrogens is 322 g/mol. The molecule has 1 unspecified atom stereocenters. The zero-order chi connectivity index (χ0) is 17.3. The normalized spacial score (nSPS) is 12.3. The van der Waals surface area contributed by atoms with E-state index in [1.165, 1.54) is 17.3 Å². The standard InChI is InChI=1S/C18H19N3O2S/c1-11-7-8-14(10-12(11)2)16(22)13(3)24-18-20-19-17(21(18)4)15-6-5-9-23-15/h5-10,13H,1-4H3. The number of aromatic nitrogens is 3. The van der Waals surface area contributed by atoms with E-state index >= 15 is 0 Å². The molecule has 0 amide bonds. The van der Waals surface area contributed by atoms with Crippen LogP contribution in [0.25, 0.3) is 11.6 Å². The molecule has 24 heavy (non-hydrogen) atoms. The summed E-state index contributed by atoms with van der Waals surface area (Å²) < 4.78 is 7.20. The molecule has 6 heteroatoms. The lowest BCUT2D eigenvalue weighted by Crippen LogP contribution is -2.14. The SMILES string of the molecule is Cc1ccc(C(=O)C(C)Sc2nnc(-c3ccco3)n2C)cc1C. The molecule has 0 aliphatic heterocycles. The molecule has 2 aromatic heterocycles. The van der Waals surface area contributed by atoms with E-state index in [1.807, 2.05) is 62.7 Å². The molecule has 3 aromatic rings. The van der Waals surface area contributed by atoms with Gasteiger partial charge in [0.2, 0.25) is 0 Å². The minimum Gasteiger partial charge on any atom is -0.461 e. The van der Waals surface area contributed by atoms with Crippen molar-refractivity contribution in [2.75, 3.05) is 0 Å². The maximum atomic E-state index is 12.7. The zero-order valence-electron chi connectivity index (χ0n) is 14.1. The van der Waals surface area contributed by atoms with Gasteiger partial charge >= 0.3 is 0 Å². The van der Waals surface area contributed by atoms with Crippen LogP contribution in [0.1, 0.15) is 28.4 Å². The fourth-order valence-electron chi connectivity index (χ4n) is 2.38. The number of carbonyl (C=O) groups excluding carboxylic acids is 1. The number of rotatable bonds is 5. The van der Waals surface area contributed by atoms with Crippen LogP contribution < -0.4 is 0 Å². The molecule has 0 bridgehead atoms. The van der Waals surface area contributed by atoms with Crippen molar-refractivity contribution in [1.82, 2.24) is 14.8 Å². The van der Waals surface area contributed by atoms with Crippen LogP contribution in [0.15, 0.2) is 46.2 Å². The summed E-state index contributed by atoms with van der Waals surface area (Å²) in [6.07, 6.45) is 1.60. The molecule has 0 radical (unpaired) electrons. The Morgan fingerprint density at radius 1 is 1.21 bits per heavy atom. The predicted octanol–water partition coefficient (Wildman–Crippen LogP) is 4.06. The topological polar surface area (TPSA) is 60.9 Å². The molecule has 0 spiro atoms. The first-order valence-corrected chi connectivity index (χ1v) is 8.56. The van der Waals surface area contributed by atoms with Crippen molar-refractivity contribution in [3.63, 3.8) is 0 Å². The number of hydrogen-bond acceptors (Lipinski definition) is 5. The Balaban J connectivity index is 1.78. The van der Waals surface area contributed by atoms with Crippen LogP contribution in [0.3, 0.4) is 0 Å². The van der Waals surface area contributed by atoms with Gasteiger partial charge in [0.25, 0.3) is 0 Å². The first kappa shape index (κ1) is 16.5. The fraction of sp³-hybridized carbons (Fsp3) is 0.278. The van der Waals surface area contributed by atoms with E-state index in [0.717, 1.165) is 11.1 Å². The summed E-state index contributed by atoms with van der Waals surface area (Å²) >= 11 is 1.40. The van der Waals surface area contributed by atoms with Gasteiger partial charge in [0.05, 0.1) is 11.5 Å². The first-order valence-electron chi connectivity index (χ1n) is 7.68. The van der Waals surface area contributed by atoms with Crippen molar-refractivity contribution in [3.05, 3.63) is 53.3 Å². The maximum Gasteiger partial charge on any atom is 0.200 e. The minimum absolute atomic E-state index is 0.0886. The highest BCUT2D eigenvalue weighted by atomic mass is 32.2. The van der Waals surface area contributed by atoms with Crippen LogP contribution in [-0.2, 0) is 7.05 Å². The number of thioether (sulfide) groups is 1. The highest BCUT2D eigenvalue weighted by Gasteiger charge is 2.21. The van der Waals surface area contributed by atoms with E-state index in [2.05, 4.69) is 10.2 Å². The molecule has 0 saturated heterocycles. The number of benzene rings is 1. The Labute approximate surface area is 145 Å². The van der Waals surface area contributed by atoms with Gasteiger partial charge in [0.1, 0.15) is 0 Å². The first-order chi connectivity index (χ1) is 11.5. The largest absolute Gasteiger partial charge is 0.461 e. The van der Waals surface area contributed by atoms with Gasteiger partial charge in [-0.25, -0.2) is 0 Å². The van der Waals surface area contributed by atoms with E-state index in [4.69, 9.17) is 4.42 Å². The molecule has 1 atom stereocenters. The van der Waals surface area contributed by atoms with Crippen LogP contribution in [-0.4, -0.2) is 25.8 Å². The molecule has 0 saturated carbocycles. The average Bonchev–Trinajstić information content (AvgIpc) is 3.20. The van der Waals surface area contributed by atoms with Crippen LogP contribution in [0.2, 0.25) is 0 Å². The highest BCUT2D eigenvalue weighted by molar-refractivity contribution is 8.00. The molecule has 2 heterocycles. The number of furan rings is 1. The van der Waals surface area contributed by atoms with Crippen molar-refractivity contribution in [1.29, 1.82) is 0 Å². The van der Waals surface area contributed by atoms with Gasteiger partial charge in [-0.3, -0.25) is 4.79 Å². The molecule has 3 rings (SSSR count). The van der Waals surface area contributed by atoms with E-state index < -0.39 is 0 Å². The Kier molecular flexibility index (Phi) is 4.57. The quantitative estimate of drug-likeness (QED) is 0.517. The summed E-state index contributed by atoms with van der Waals surface area (Å²) in [7, 11) is 1.87. The van der Waals surface area contributed by atoms with E-state index in [1.54, 1.807) is 6.26 Å². The van der Waals surface area contributed by atoms with Crippen molar-refractivity contribution < 1.29 is 9.21 Å². The average molecular weight is 341 g/mol. The lowest BCUT2D eigenvalue weighted by atomic mass is 10.0. The molecule has 0 N–H and O–H groups in total. The van der Waals surface area contributed by atoms with Crippen LogP contribution in [0, 0.1) is 13.8 Å². The lowest BCUT2D eigenvalue weighted by molar-refractivity contribution is 0.0993. The molecular formula is C18H19N3O2S. The Hall–Kier alpha value is -2.34. The highest BCUT2D eigenvalue weighted by Crippen LogP contribution is 2.27. The van der Waals surface area contributed by atoms with Gasteiger partial charge in [0.15, 0.2) is 22.5 Å². The van der Waals surface area contributed by atoms with Gasteiger partial charge in [-0.1, -0.05) is 23.9 Å². The van der Waals surface area contributed by atoms with Crippen molar-refractivity contribution in [2.45, 2.75) is 31.2 Å². The Morgan fingerprint density at radius 3 is 2.67 bits per heavy atom. The van der Waals surface area contributed by atoms with E-state index in [-0.39, 0.29) is 11.0 Å². The summed E-state index contributed by atoms with van der Waals surface area (Å²) in [4.78, 5) is 12.7. The van der Waals surface area contributed by atoms with Crippen molar-refractivity contribution in [3.8, 4) is 11.6 Å². The Morgan fingerprint density at radius 2 is 2.00 bits per heavy atom. The molecule has 0 aliphatic carbocycles. The molecule has 124 valence electrons. The van der Waals surface area contributed by atoms with Crippen molar-refractivity contribution in [2.24, 2.45) is 7.05 Å². The smallest absolute Gasteiger partial charge is 0.200 e. The second-order valence-electron chi connectivity index (χ2n) is 5.77. The van der Waals surface area contributed by atoms with Gasteiger partial charge in [-0.2, -0.15) is 0 Å². The molecule has 0 aliphatic rings. The second-order valence-corrected chi connectivity index (χ2v) is 7.07. The molecule has 5 nitrogen and oxygen atoms in total. The minimum atomic E-state index is -0.251. The third-order valence-corrected chi connectivity index (χ3v) is 5.15. The van der Waals surface area contributed by atoms with Crippen LogP contribution >= 0.6 is 11.8 Å². The number of hydrogen-bond donors (Lipinski definition) is 0. The second kappa shape index (κ2) is 6.65. The zero-order valence-corrected chi connectivity index (χ0v) is 14.9. The number of Topliss-reactive ketones (excluding diaryl/α,β-unsaturated/α-hetero) is 1. The summed E-state index contributed by atoms with van der Waals surface area (Å²) in [6, 6.07) is 9.45. The van der Waals surface area contributed by atoms with Gasteiger partial charge in [-0.05, 0) is 50.1 Å².